The third kappa shape index (κ3) is 9.23. The summed E-state index contributed by atoms with van der Waals surface area (Å²) in [5.74, 6) is 1.37. The lowest BCUT2D eigenvalue weighted by molar-refractivity contribution is -0.703. The van der Waals surface area contributed by atoms with Gasteiger partial charge in [-0.2, -0.15) is 0 Å². The number of benzene rings is 1. The highest BCUT2D eigenvalue weighted by Crippen LogP contribution is 2.26. The highest BCUT2D eigenvalue weighted by molar-refractivity contribution is 5.78. The van der Waals surface area contributed by atoms with Gasteiger partial charge in [-0.25, -0.2) is 9.13 Å². The van der Waals surface area contributed by atoms with Crippen molar-refractivity contribution in [3.63, 3.8) is 0 Å². The van der Waals surface area contributed by atoms with Crippen molar-refractivity contribution in [2.24, 2.45) is 17.8 Å². The molecule has 0 saturated carbocycles. The van der Waals surface area contributed by atoms with E-state index in [9.17, 15) is 9.59 Å². The monoisotopic (exact) mass is 572 g/mol. The Hall–Kier alpha value is -3.54. The van der Waals surface area contributed by atoms with Gasteiger partial charge in [-0.1, -0.05) is 52.0 Å². The summed E-state index contributed by atoms with van der Waals surface area (Å²) in [6.07, 6.45) is 12.1. The van der Waals surface area contributed by atoms with E-state index in [0.29, 0.717) is 11.8 Å². The molecule has 3 aromatic rings. The standard InChI is InChI=1S/C36H52N4O2/c1-9-30(35(41)37(5)6)23-27(3)25-39-19-15-33(16-20-39)34-17-21-40(22-18-34)26-29-11-13-32(14-12-29)28(4)24-31(10-2)36(42)38(7)8/h11-22,27-28,30-31H,9-10,23-26H2,1-8H3/q+2. The van der Waals surface area contributed by atoms with Crippen LogP contribution in [0.25, 0.3) is 11.1 Å². The number of carbonyl (C=O) groups excluding carboxylic acids is 2. The molecule has 2 amide bonds. The van der Waals surface area contributed by atoms with E-state index in [-0.39, 0.29) is 23.7 Å². The Morgan fingerprint density at radius 1 is 0.667 bits per heavy atom. The number of aromatic nitrogens is 2. The van der Waals surface area contributed by atoms with Gasteiger partial charge in [0.25, 0.3) is 0 Å². The molecule has 0 N–H and O–H groups in total. The van der Waals surface area contributed by atoms with Crippen LogP contribution in [0.4, 0.5) is 0 Å². The van der Waals surface area contributed by atoms with Crippen molar-refractivity contribution in [2.75, 3.05) is 28.2 Å². The van der Waals surface area contributed by atoms with Gasteiger partial charge in [0, 0.05) is 75.8 Å². The second-order valence-electron chi connectivity index (χ2n) is 12.4. The van der Waals surface area contributed by atoms with E-state index in [1.807, 2.05) is 28.2 Å². The third-order valence-corrected chi connectivity index (χ3v) is 8.44. The first-order chi connectivity index (χ1) is 20.0. The molecule has 2 aromatic heterocycles. The number of rotatable bonds is 14. The van der Waals surface area contributed by atoms with Gasteiger partial charge in [0.2, 0.25) is 11.8 Å². The van der Waals surface area contributed by atoms with Crippen LogP contribution in [0.5, 0.6) is 0 Å². The van der Waals surface area contributed by atoms with Gasteiger partial charge in [-0.05, 0) is 48.3 Å². The summed E-state index contributed by atoms with van der Waals surface area (Å²) in [7, 11) is 7.36. The second kappa shape index (κ2) is 15.6. The lowest BCUT2D eigenvalue weighted by Gasteiger charge is -2.22. The van der Waals surface area contributed by atoms with E-state index < -0.39 is 0 Å². The van der Waals surface area contributed by atoms with Crippen molar-refractivity contribution in [3.8, 4) is 11.1 Å². The van der Waals surface area contributed by atoms with Gasteiger partial charge in [0.1, 0.15) is 0 Å². The average molecular weight is 573 g/mol. The lowest BCUT2D eigenvalue weighted by atomic mass is 9.88. The van der Waals surface area contributed by atoms with Crippen LogP contribution in [0.2, 0.25) is 0 Å². The molecule has 4 unspecified atom stereocenters. The minimum absolute atomic E-state index is 0.0701. The average Bonchev–Trinajstić information content (AvgIpc) is 2.99. The maximum absolute atomic E-state index is 12.5. The summed E-state index contributed by atoms with van der Waals surface area (Å²) in [4.78, 5) is 28.3. The van der Waals surface area contributed by atoms with Crippen molar-refractivity contribution < 1.29 is 18.7 Å². The SMILES string of the molecule is CCC(CC(C)C[n+]1ccc(-c2cc[n+](Cc3ccc(C(C)CC(CC)C(=O)N(C)C)cc3)cc2)cc1)C(=O)N(C)C. The fourth-order valence-electron chi connectivity index (χ4n) is 5.79. The van der Waals surface area contributed by atoms with Gasteiger partial charge >= 0.3 is 0 Å². The Balaban J connectivity index is 1.55. The molecule has 6 nitrogen and oxygen atoms in total. The lowest BCUT2D eigenvalue weighted by Crippen LogP contribution is -2.38. The molecule has 0 radical (unpaired) electrons. The zero-order chi connectivity index (χ0) is 30.8. The van der Waals surface area contributed by atoms with Gasteiger partial charge in [0.05, 0.1) is 0 Å². The molecule has 3 rings (SSSR count). The van der Waals surface area contributed by atoms with Gasteiger partial charge in [-0.15, -0.1) is 0 Å². The molecule has 1 aromatic carbocycles. The smallest absolute Gasteiger partial charge is 0.225 e. The maximum Gasteiger partial charge on any atom is 0.225 e. The largest absolute Gasteiger partial charge is 0.349 e. The predicted molar refractivity (Wildman–Crippen MR) is 170 cm³/mol. The minimum Gasteiger partial charge on any atom is -0.349 e. The summed E-state index contributed by atoms with van der Waals surface area (Å²) in [6.45, 7) is 10.4. The molecule has 0 bridgehead atoms. The van der Waals surface area contributed by atoms with Crippen LogP contribution in [-0.4, -0.2) is 49.8 Å². The van der Waals surface area contributed by atoms with E-state index in [0.717, 1.165) is 38.8 Å². The molecule has 0 saturated heterocycles. The highest BCUT2D eigenvalue weighted by Gasteiger charge is 2.23. The van der Waals surface area contributed by atoms with E-state index in [2.05, 4.69) is 110 Å². The first kappa shape index (κ1) is 33.0. The Bertz CT molecular complexity index is 1270. The Labute approximate surface area is 254 Å². The van der Waals surface area contributed by atoms with Crippen LogP contribution < -0.4 is 9.13 Å². The predicted octanol–water partition coefficient (Wildman–Crippen LogP) is 5.73. The molecular formula is C36H52N4O2+2. The Kier molecular flexibility index (Phi) is 12.3. The van der Waals surface area contributed by atoms with E-state index in [1.165, 1.54) is 22.3 Å². The highest BCUT2D eigenvalue weighted by atomic mass is 16.2. The number of pyridine rings is 2. The third-order valence-electron chi connectivity index (χ3n) is 8.44. The maximum atomic E-state index is 12.5. The second-order valence-corrected chi connectivity index (χ2v) is 12.4. The zero-order valence-electron chi connectivity index (χ0n) is 27.1. The van der Waals surface area contributed by atoms with Crippen LogP contribution in [-0.2, 0) is 22.7 Å². The molecule has 6 heteroatoms. The van der Waals surface area contributed by atoms with Crippen molar-refractivity contribution in [3.05, 3.63) is 84.4 Å². The molecule has 2 heterocycles. The summed E-state index contributed by atoms with van der Waals surface area (Å²) in [5, 5.41) is 0. The number of hydrogen-bond acceptors (Lipinski definition) is 2. The summed E-state index contributed by atoms with van der Waals surface area (Å²) in [6, 6.07) is 17.5. The van der Waals surface area contributed by atoms with E-state index in [4.69, 9.17) is 0 Å². The molecule has 226 valence electrons. The van der Waals surface area contributed by atoms with Gasteiger partial charge in [-0.3, -0.25) is 9.59 Å². The van der Waals surface area contributed by atoms with Crippen molar-refractivity contribution in [2.45, 2.75) is 72.4 Å². The Morgan fingerprint density at radius 2 is 1.12 bits per heavy atom. The minimum atomic E-state index is 0.0701. The summed E-state index contributed by atoms with van der Waals surface area (Å²) >= 11 is 0. The first-order valence-corrected chi connectivity index (χ1v) is 15.5. The zero-order valence-corrected chi connectivity index (χ0v) is 27.1. The van der Waals surface area contributed by atoms with Crippen LogP contribution in [0.15, 0.2) is 73.3 Å². The van der Waals surface area contributed by atoms with Crippen molar-refractivity contribution in [1.29, 1.82) is 0 Å². The van der Waals surface area contributed by atoms with E-state index >= 15 is 0 Å². The number of nitrogens with zero attached hydrogens (tertiary/aromatic N) is 4. The van der Waals surface area contributed by atoms with Crippen LogP contribution in [0, 0.1) is 17.8 Å². The molecule has 0 aliphatic heterocycles. The van der Waals surface area contributed by atoms with Crippen LogP contribution in [0.3, 0.4) is 0 Å². The van der Waals surface area contributed by atoms with Gasteiger partial charge in [0.15, 0.2) is 37.9 Å². The normalized spacial score (nSPS) is 14.1. The molecular weight excluding hydrogens is 520 g/mol. The molecule has 0 aliphatic rings. The molecule has 0 aliphatic carbocycles. The molecule has 42 heavy (non-hydrogen) atoms. The Morgan fingerprint density at radius 3 is 1.57 bits per heavy atom. The topological polar surface area (TPSA) is 48.4 Å². The van der Waals surface area contributed by atoms with Crippen LogP contribution in [0.1, 0.15) is 70.4 Å². The van der Waals surface area contributed by atoms with Crippen molar-refractivity contribution in [1.82, 2.24) is 9.80 Å². The summed E-state index contributed by atoms with van der Waals surface area (Å²) in [5.41, 5.74) is 4.92. The summed E-state index contributed by atoms with van der Waals surface area (Å²) < 4.78 is 4.42. The number of carbonyl (C=O) groups is 2. The fraction of sp³-hybridized carbons (Fsp3) is 0.500. The van der Waals surface area contributed by atoms with Crippen LogP contribution >= 0.6 is 0 Å². The number of amides is 2. The molecule has 0 fully saturated rings. The quantitative estimate of drug-likeness (QED) is 0.232. The molecule has 4 atom stereocenters. The van der Waals surface area contributed by atoms with E-state index in [1.54, 1.807) is 9.80 Å². The van der Waals surface area contributed by atoms with Gasteiger partial charge < -0.3 is 9.80 Å². The molecule has 0 spiro atoms. The number of hydrogen-bond donors (Lipinski definition) is 0. The van der Waals surface area contributed by atoms with Crippen molar-refractivity contribution >= 4 is 11.8 Å². The first-order valence-electron chi connectivity index (χ1n) is 15.5. The fourth-order valence-corrected chi connectivity index (χ4v) is 5.79.